The van der Waals surface area contributed by atoms with Gasteiger partial charge in [0.05, 0.1) is 23.1 Å². The molecule has 18 heavy (non-hydrogen) atoms. The Morgan fingerprint density at radius 1 is 1.44 bits per heavy atom. The molecule has 0 fully saturated rings. The minimum atomic E-state index is -0.384. The first-order chi connectivity index (χ1) is 8.70. The Bertz CT molecular complexity index is 564. The molecule has 2 heterocycles. The molecule has 5 nitrogen and oxygen atoms in total. The van der Waals surface area contributed by atoms with E-state index in [1.54, 1.807) is 24.5 Å². The van der Waals surface area contributed by atoms with Crippen molar-refractivity contribution in [3.05, 3.63) is 41.4 Å². The molecular weight excluding hydrogens is 272 g/mol. The van der Waals surface area contributed by atoms with Crippen molar-refractivity contribution in [3.63, 3.8) is 0 Å². The van der Waals surface area contributed by atoms with Crippen LogP contribution in [-0.2, 0) is 0 Å². The van der Waals surface area contributed by atoms with Gasteiger partial charge in [0.25, 0.3) is 5.91 Å². The molecule has 7 heteroatoms. The second-order valence-electron chi connectivity index (χ2n) is 3.25. The summed E-state index contributed by atoms with van der Waals surface area (Å²) in [6.07, 6.45) is 6.41. The third-order valence-corrected chi connectivity index (χ3v) is 2.88. The number of hydrogen-bond acceptors (Lipinski definition) is 5. The minimum absolute atomic E-state index is 0.153. The van der Waals surface area contributed by atoms with Crippen LogP contribution in [0.2, 0.25) is 5.02 Å². The normalized spacial score (nSPS) is 10.1. The average Bonchev–Trinajstić information content (AvgIpc) is 2.40. The number of carbonyl (C=O) groups is 1. The van der Waals surface area contributed by atoms with Gasteiger partial charge >= 0.3 is 0 Å². The van der Waals surface area contributed by atoms with Gasteiger partial charge in [-0.25, -0.2) is 9.97 Å². The first-order valence-electron chi connectivity index (χ1n) is 4.98. The Balaban J connectivity index is 2.23. The highest BCUT2D eigenvalue weighted by molar-refractivity contribution is 7.98. The van der Waals surface area contributed by atoms with E-state index in [4.69, 9.17) is 11.6 Å². The van der Waals surface area contributed by atoms with Crippen molar-refractivity contribution in [2.45, 2.75) is 5.16 Å². The van der Waals surface area contributed by atoms with Crippen LogP contribution in [0.25, 0.3) is 0 Å². The van der Waals surface area contributed by atoms with Crippen molar-refractivity contribution in [1.29, 1.82) is 0 Å². The molecule has 2 aromatic heterocycles. The summed E-state index contributed by atoms with van der Waals surface area (Å²) in [4.78, 5) is 23.9. The summed E-state index contributed by atoms with van der Waals surface area (Å²) in [6.45, 7) is 0. The number of rotatable bonds is 3. The molecule has 2 rings (SSSR count). The van der Waals surface area contributed by atoms with Crippen LogP contribution >= 0.6 is 23.4 Å². The summed E-state index contributed by atoms with van der Waals surface area (Å²) in [6, 6.07) is 3.46. The van der Waals surface area contributed by atoms with Crippen LogP contribution in [0.5, 0.6) is 0 Å². The Morgan fingerprint density at radius 3 is 2.94 bits per heavy atom. The van der Waals surface area contributed by atoms with Gasteiger partial charge < -0.3 is 5.32 Å². The second kappa shape index (κ2) is 5.79. The highest BCUT2D eigenvalue weighted by Gasteiger charge is 2.14. The van der Waals surface area contributed by atoms with Gasteiger partial charge in [-0.05, 0) is 18.4 Å². The number of nitrogens with one attached hydrogen (secondary N) is 1. The van der Waals surface area contributed by atoms with E-state index in [1.165, 1.54) is 18.0 Å². The smallest absolute Gasteiger partial charge is 0.276 e. The topological polar surface area (TPSA) is 67.8 Å². The van der Waals surface area contributed by atoms with Crippen LogP contribution in [0, 0.1) is 0 Å². The fourth-order valence-electron chi connectivity index (χ4n) is 1.24. The predicted octanol–water partition coefficient (Wildman–Crippen LogP) is 2.50. The van der Waals surface area contributed by atoms with E-state index in [-0.39, 0.29) is 16.6 Å². The van der Waals surface area contributed by atoms with Crippen molar-refractivity contribution in [1.82, 2.24) is 15.0 Å². The number of aromatic nitrogens is 3. The average molecular weight is 281 g/mol. The molecule has 0 saturated heterocycles. The standard InChI is InChI=1S/C11H9ClN4OS/c1-18-11-14-6-8(12)9(16-11)10(17)15-7-3-2-4-13-5-7/h2-6H,1H3,(H,15,17). The van der Waals surface area contributed by atoms with Crippen LogP contribution in [0.3, 0.4) is 0 Å². The molecule has 1 N–H and O–H groups in total. The Morgan fingerprint density at radius 2 is 2.28 bits per heavy atom. The number of thioether (sulfide) groups is 1. The van der Waals surface area contributed by atoms with E-state index in [1.807, 2.05) is 6.26 Å². The number of amides is 1. The summed E-state index contributed by atoms with van der Waals surface area (Å²) in [7, 11) is 0. The molecule has 0 atom stereocenters. The van der Waals surface area contributed by atoms with E-state index in [0.29, 0.717) is 10.8 Å². The second-order valence-corrected chi connectivity index (χ2v) is 4.43. The molecule has 0 aliphatic rings. The van der Waals surface area contributed by atoms with Gasteiger partial charge in [-0.2, -0.15) is 0 Å². The molecule has 0 bridgehead atoms. The van der Waals surface area contributed by atoms with Gasteiger partial charge in [-0.15, -0.1) is 0 Å². The van der Waals surface area contributed by atoms with Crippen molar-refractivity contribution in [2.75, 3.05) is 11.6 Å². The molecule has 0 spiro atoms. The van der Waals surface area contributed by atoms with Gasteiger partial charge in [0.2, 0.25) is 0 Å². The summed E-state index contributed by atoms with van der Waals surface area (Å²) >= 11 is 7.25. The van der Waals surface area contributed by atoms with Crippen LogP contribution < -0.4 is 5.32 Å². The third-order valence-electron chi connectivity index (χ3n) is 2.04. The van der Waals surface area contributed by atoms with E-state index >= 15 is 0 Å². The summed E-state index contributed by atoms with van der Waals surface area (Å²) < 4.78 is 0. The van der Waals surface area contributed by atoms with Gasteiger partial charge in [-0.3, -0.25) is 9.78 Å². The number of halogens is 1. The number of carbonyl (C=O) groups excluding carboxylic acids is 1. The quantitative estimate of drug-likeness (QED) is 0.691. The largest absolute Gasteiger partial charge is 0.319 e. The van der Waals surface area contributed by atoms with Gasteiger partial charge in [0.1, 0.15) is 0 Å². The van der Waals surface area contributed by atoms with E-state index < -0.39 is 0 Å². The maximum atomic E-state index is 12.0. The highest BCUT2D eigenvalue weighted by Crippen LogP contribution is 2.17. The summed E-state index contributed by atoms with van der Waals surface area (Å²) in [5.41, 5.74) is 0.739. The first kappa shape index (κ1) is 12.8. The predicted molar refractivity (Wildman–Crippen MR) is 71.0 cm³/mol. The van der Waals surface area contributed by atoms with Gasteiger partial charge in [0.15, 0.2) is 10.9 Å². The van der Waals surface area contributed by atoms with Crippen molar-refractivity contribution >= 4 is 35.0 Å². The molecule has 2 aromatic rings. The van der Waals surface area contributed by atoms with Crippen LogP contribution in [-0.4, -0.2) is 27.1 Å². The number of hydrogen-bond donors (Lipinski definition) is 1. The molecule has 0 radical (unpaired) electrons. The third kappa shape index (κ3) is 2.96. The molecule has 0 aromatic carbocycles. The number of nitrogens with zero attached hydrogens (tertiary/aromatic N) is 3. The number of pyridine rings is 1. The van der Waals surface area contributed by atoms with Crippen LogP contribution in [0.15, 0.2) is 35.9 Å². The zero-order valence-corrected chi connectivity index (χ0v) is 11.0. The lowest BCUT2D eigenvalue weighted by Gasteiger charge is -2.06. The zero-order valence-electron chi connectivity index (χ0n) is 9.42. The molecule has 0 aliphatic heterocycles. The SMILES string of the molecule is CSc1ncc(Cl)c(C(=O)Nc2cccnc2)n1. The Kier molecular flexibility index (Phi) is 4.11. The highest BCUT2D eigenvalue weighted by atomic mass is 35.5. The van der Waals surface area contributed by atoms with Crippen LogP contribution in [0.1, 0.15) is 10.5 Å². The maximum Gasteiger partial charge on any atom is 0.276 e. The van der Waals surface area contributed by atoms with Crippen molar-refractivity contribution in [2.24, 2.45) is 0 Å². The monoisotopic (exact) mass is 280 g/mol. The summed E-state index contributed by atoms with van der Waals surface area (Å²) in [5.74, 6) is -0.384. The summed E-state index contributed by atoms with van der Waals surface area (Å²) in [5, 5.41) is 3.38. The van der Waals surface area contributed by atoms with E-state index in [2.05, 4.69) is 20.3 Å². The van der Waals surface area contributed by atoms with Gasteiger partial charge in [-0.1, -0.05) is 23.4 Å². The lowest BCUT2D eigenvalue weighted by Crippen LogP contribution is -2.15. The van der Waals surface area contributed by atoms with E-state index in [9.17, 15) is 4.79 Å². The lowest BCUT2D eigenvalue weighted by atomic mass is 10.3. The van der Waals surface area contributed by atoms with Crippen molar-refractivity contribution < 1.29 is 4.79 Å². The van der Waals surface area contributed by atoms with Crippen LogP contribution in [0.4, 0.5) is 5.69 Å². The molecule has 0 saturated carbocycles. The first-order valence-corrected chi connectivity index (χ1v) is 6.59. The Labute approximate surface area is 113 Å². The maximum absolute atomic E-state index is 12.0. The molecular formula is C11H9ClN4OS. The fourth-order valence-corrected chi connectivity index (χ4v) is 1.75. The molecule has 0 unspecified atom stereocenters. The Hall–Kier alpha value is -1.66. The molecule has 1 amide bonds. The minimum Gasteiger partial charge on any atom is -0.319 e. The van der Waals surface area contributed by atoms with E-state index in [0.717, 1.165) is 0 Å². The number of anilines is 1. The zero-order chi connectivity index (χ0) is 13.0. The lowest BCUT2D eigenvalue weighted by molar-refractivity contribution is 0.102. The molecule has 92 valence electrons. The molecule has 0 aliphatic carbocycles. The van der Waals surface area contributed by atoms with Crippen molar-refractivity contribution in [3.8, 4) is 0 Å². The van der Waals surface area contributed by atoms with Gasteiger partial charge in [0, 0.05) is 6.20 Å². The fraction of sp³-hybridized carbons (Fsp3) is 0.0909.